The van der Waals surface area contributed by atoms with E-state index in [0.717, 1.165) is 49.2 Å². The van der Waals surface area contributed by atoms with Gasteiger partial charge in [-0.15, -0.1) is 0 Å². The summed E-state index contributed by atoms with van der Waals surface area (Å²) in [6.07, 6.45) is 5.98. The van der Waals surface area contributed by atoms with Gasteiger partial charge in [-0.1, -0.05) is 0 Å². The molecule has 0 amide bonds. The van der Waals surface area contributed by atoms with Crippen molar-refractivity contribution in [2.45, 2.75) is 52.2 Å². The maximum atomic E-state index is 12.0. The van der Waals surface area contributed by atoms with Gasteiger partial charge in [0.25, 0.3) is 0 Å². The molecule has 2 aromatic heterocycles. The number of fused-ring (bicyclic) bond motifs is 1. The molecule has 1 fully saturated rings. The van der Waals surface area contributed by atoms with E-state index in [1.165, 1.54) is 5.56 Å². The molecule has 0 saturated carbocycles. The van der Waals surface area contributed by atoms with Crippen LogP contribution < -0.4 is 15.7 Å². The van der Waals surface area contributed by atoms with Gasteiger partial charge in [-0.2, -0.15) is 0 Å². The van der Waals surface area contributed by atoms with Gasteiger partial charge in [0.1, 0.15) is 17.9 Å². The van der Waals surface area contributed by atoms with Crippen molar-refractivity contribution < 1.29 is 9.15 Å². The molecule has 6 nitrogen and oxygen atoms in total. The molecule has 4 rings (SSSR count). The van der Waals surface area contributed by atoms with E-state index in [1.54, 1.807) is 6.92 Å². The topological polar surface area (TPSA) is 67.6 Å². The molecule has 6 heteroatoms. The number of rotatable bonds is 7. The minimum Gasteiger partial charge on any atom is -0.492 e. The summed E-state index contributed by atoms with van der Waals surface area (Å²) in [4.78, 5) is 18.5. The Kier molecular flexibility index (Phi) is 6.68. The number of aromatic nitrogens is 1. The third-order valence-electron chi connectivity index (χ3n) is 6.19. The van der Waals surface area contributed by atoms with Crippen LogP contribution in [0.25, 0.3) is 11.0 Å². The summed E-state index contributed by atoms with van der Waals surface area (Å²) in [6, 6.07) is 10.6. The fraction of sp³-hybridized carbons (Fsp3) is 0.440. The second kappa shape index (κ2) is 9.62. The Hall–Kier alpha value is -2.70. The van der Waals surface area contributed by atoms with E-state index in [-0.39, 0.29) is 11.7 Å². The van der Waals surface area contributed by atoms with Gasteiger partial charge in [0.15, 0.2) is 0 Å². The summed E-state index contributed by atoms with van der Waals surface area (Å²) in [7, 11) is 0. The molecule has 0 bridgehead atoms. The first-order chi connectivity index (χ1) is 15.0. The number of hydrogen-bond donors (Lipinski definition) is 1. The molecule has 1 N–H and O–H groups in total. The van der Waals surface area contributed by atoms with Crippen molar-refractivity contribution in [3.8, 4) is 5.75 Å². The highest BCUT2D eigenvalue weighted by molar-refractivity contribution is 5.82. The highest BCUT2D eigenvalue weighted by atomic mass is 16.5. The van der Waals surface area contributed by atoms with Crippen molar-refractivity contribution in [2.24, 2.45) is 0 Å². The highest BCUT2D eigenvalue weighted by Crippen LogP contribution is 2.24. The van der Waals surface area contributed by atoms with Gasteiger partial charge in [0, 0.05) is 48.0 Å². The molecule has 1 atom stereocenters. The molecular formula is C25H31N3O3. The standard InChI is InChI=1S/C25H31N3O3/c1-17(27-21-8-12-28(13-9-21)15-20-6-10-26-11-7-20)16-30-22-4-5-23-18(2)19(3)25(29)31-24(23)14-22/h4-7,10-11,14,17,21,27H,8-9,12-13,15-16H2,1-3H3. The number of likely N-dealkylation sites (tertiary alicyclic amines) is 1. The molecule has 1 aliphatic rings. The molecule has 1 aromatic carbocycles. The third-order valence-corrected chi connectivity index (χ3v) is 6.19. The number of aryl methyl sites for hydroxylation is 1. The van der Waals surface area contributed by atoms with Crippen molar-refractivity contribution in [3.05, 3.63) is 69.8 Å². The zero-order chi connectivity index (χ0) is 21.8. The van der Waals surface area contributed by atoms with Crippen LogP contribution in [0.5, 0.6) is 5.75 Å². The fourth-order valence-corrected chi connectivity index (χ4v) is 4.19. The Balaban J connectivity index is 1.25. The number of piperidine rings is 1. The monoisotopic (exact) mass is 421 g/mol. The van der Waals surface area contributed by atoms with E-state index in [2.05, 4.69) is 34.3 Å². The van der Waals surface area contributed by atoms with Gasteiger partial charge in [-0.25, -0.2) is 4.79 Å². The molecule has 0 aliphatic carbocycles. The van der Waals surface area contributed by atoms with E-state index >= 15 is 0 Å². The molecule has 1 unspecified atom stereocenters. The second-order valence-electron chi connectivity index (χ2n) is 8.58. The number of hydrogen-bond acceptors (Lipinski definition) is 6. The first kappa shape index (κ1) is 21.5. The maximum absolute atomic E-state index is 12.0. The summed E-state index contributed by atoms with van der Waals surface area (Å²) in [5, 5.41) is 4.65. The summed E-state index contributed by atoms with van der Waals surface area (Å²) in [5.41, 5.74) is 3.23. The van der Waals surface area contributed by atoms with Crippen molar-refractivity contribution in [3.63, 3.8) is 0 Å². The van der Waals surface area contributed by atoms with E-state index in [9.17, 15) is 4.79 Å². The average molecular weight is 422 g/mol. The Morgan fingerprint density at radius 2 is 1.90 bits per heavy atom. The van der Waals surface area contributed by atoms with Crippen LogP contribution in [0.3, 0.4) is 0 Å². The number of nitrogens with one attached hydrogen (secondary N) is 1. The highest BCUT2D eigenvalue weighted by Gasteiger charge is 2.20. The van der Waals surface area contributed by atoms with E-state index in [1.807, 2.05) is 37.5 Å². The first-order valence-corrected chi connectivity index (χ1v) is 11.0. The number of benzene rings is 1. The van der Waals surface area contributed by atoms with Gasteiger partial charge >= 0.3 is 5.63 Å². The number of ether oxygens (including phenoxy) is 1. The molecule has 3 aromatic rings. The number of pyridine rings is 1. The van der Waals surface area contributed by atoms with Crippen molar-refractivity contribution in [1.29, 1.82) is 0 Å². The van der Waals surface area contributed by atoms with Crippen LogP contribution in [-0.4, -0.2) is 41.7 Å². The zero-order valence-corrected chi connectivity index (χ0v) is 18.6. The quantitative estimate of drug-likeness (QED) is 0.585. The van der Waals surface area contributed by atoms with Crippen LogP contribution in [0.2, 0.25) is 0 Å². The molecule has 0 spiro atoms. The Labute approximate surface area is 183 Å². The van der Waals surface area contributed by atoms with Gasteiger partial charge < -0.3 is 14.5 Å². The Morgan fingerprint density at radius 3 is 2.65 bits per heavy atom. The van der Waals surface area contributed by atoms with Crippen LogP contribution >= 0.6 is 0 Å². The molecular weight excluding hydrogens is 390 g/mol. The Bertz CT molecular complexity index is 1070. The summed E-state index contributed by atoms with van der Waals surface area (Å²) >= 11 is 0. The third kappa shape index (κ3) is 5.32. The largest absolute Gasteiger partial charge is 0.492 e. The normalized spacial score (nSPS) is 16.5. The lowest BCUT2D eigenvalue weighted by Gasteiger charge is -2.34. The van der Waals surface area contributed by atoms with E-state index in [0.29, 0.717) is 23.8 Å². The van der Waals surface area contributed by atoms with Crippen molar-refractivity contribution in [1.82, 2.24) is 15.2 Å². The molecule has 1 saturated heterocycles. The number of nitrogens with zero attached hydrogens (tertiary/aromatic N) is 2. The van der Waals surface area contributed by atoms with Crippen LogP contribution in [0.15, 0.2) is 51.9 Å². The van der Waals surface area contributed by atoms with Gasteiger partial charge in [-0.05, 0) is 82.1 Å². The lowest BCUT2D eigenvalue weighted by Crippen LogP contribution is -2.46. The van der Waals surface area contributed by atoms with Crippen LogP contribution in [-0.2, 0) is 6.54 Å². The zero-order valence-electron chi connectivity index (χ0n) is 18.6. The van der Waals surface area contributed by atoms with Crippen LogP contribution in [0.4, 0.5) is 0 Å². The SMILES string of the molecule is Cc1c(C)c2ccc(OCC(C)NC3CCN(Cc4ccncc4)CC3)cc2oc1=O. The molecule has 31 heavy (non-hydrogen) atoms. The smallest absolute Gasteiger partial charge is 0.339 e. The summed E-state index contributed by atoms with van der Waals surface area (Å²) < 4.78 is 11.4. The Morgan fingerprint density at radius 1 is 1.16 bits per heavy atom. The van der Waals surface area contributed by atoms with Crippen molar-refractivity contribution in [2.75, 3.05) is 19.7 Å². The minimum atomic E-state index is -0.285. The maximum Gasteiger partial charge on any atom is 0.339 e. The summed E-state index contributed by atoms with van der Waals surface area (Å²) in [6.45, 7) is 9.64. The predicted octanol–water partition coefficient (Wildman–Crippen LogP) is 3.83. The van der Waals surface area contributed by atoms with E-state index < -0.39 is 0 Å². The summed E-state index contributed by atoms with van der Waals surface area (Å²) in [5.74, 6) is 0.722. The molecule has 164 valence electrons. The second-order valence-corrected chi connectivity index (χ2v) is 8.58. The van der Waals surface area contributed by atoms with Gasteiger partial charge in [-0.3, -0.25) is 9.88 Å². The first-order valence-electron chi connectivity index (χ1n) is 11.0. The van der Waals surface area contributed by atoms with Gasteiger partial charge in [0.05, 0.1) is 0 Å². The lowest BCUT2D eigenvalue weighted by atomic mass is 10.0. The average Bonchev–Trinajstić information content (AvgIpc) is 2.78. The molecule has 0 radical (unpaired) electrons. The molecule has 1 aliphatic heterocycles. The van der Waals surface area contributed by atoms with E-state index in [4.69, 9.17) is 9.15 Å². The van der Waals surface area contributed by atoms with Gasteiger partial charge in [0.2, 0.25) is 0 Å². The van der Waals surface area contributed by atoms with Crippen molar-refractivity contribution >= 4 is 11.0 Å². The molecule has 3 heterocycles. The predicted molar refractivity (Wildman–Crippen MR) is 123 cm³/mol. The van der Waals surface area contributed by atoms with Crippen LogP contribution in [0.1, 0.15) is 36.5 Å². The van der Waals surface area contributed by atoms with Crippen LogP contribution in [0, 0.1) is 13.8 Å². The fourth-order valence-electron chi connectivity index (χ4n) is 4.19. The lowest BCUT2D eigenvalue weighted by molar-refractivity contribution is 0.174. The minimum absolute atomic E-state index is 0.235.